The lowest BCUT2D eigenvalue weighted by molar-refractivity contribution is -0.131. The molecule has 0 saturated heterocycles. The molecule has 1 aromatic carbocycles. The fraction of sp³-hybridized carbons (Fsp3) is 0.417. The monoisotopic (exact) mass is 414 g/mol. The summed E-state index contributed by atoms with van der Waals surface area (Å²) in [5.41, 5.74) is 1.97. The van der Waals surface area contributed by atoms with Crippen LogP contribution in [0, 0.1) is 0 Å². The van der Waals surface area contributed by atoms with Crippen molar-refractivity contribution in [2.45, 2.75) is 60.5 Å². The van der Waals surface area contributed by atoms with E-state index in [-0.39, 0.29) is 29.8 Å². The first-order valence-corrected chi connectivity index (χ1v) is 10.0. The molecule has 0 bridgehead atoms. The molecule has 0 aliphatic rings. The Kier molecular flexibility index (Phi) is 8.27. The molecule has 0 atom stereocenters. The van der Waals surface area contributed by atoms with E-state index < -0.39 is 11.6 Å². The van der Waals surface area contributed by atoms with Crippen LogP contribution in [0.4, 0.5) is 0 Å². The Hall–Kier alpha value is -3.02. The van der Waals surface area contributed by atoms with Crippen LogP contribution in [-0.2, 0) is 4.79 Å². The number of hydrogen-bond acceptors (Lipinski definition) is 6. The lowest BCUT2D eigenvalue weighted by atomic mass is 10.1. The molecule has 0 fully saturated rings. The third-order valence-corrected chi connectivity index (χ3v) is 4.16. The van der Waals surface area contributed by atoms with Crippen molar-refractivity contribution in [3.8, 4) is 17.2 Å². The second-order valence-corrected chi connectivity index (χ2v) is 7.65. The highest BCUT2D eigenvalue weighted by atomic mass is 16.6. The molecule has 1 aromatic heterocycles. The molecule has 0 N–H and O–H groups in total. The highest BCUT2D eigenvalue weighted by Gasteiger charge is 2.20. The third kappa shape index (κ3) is 6.79. The van der Waals surface area contributed by atoms with E-state index in [4.69, 9.17) is 18.6 Å². The number of carbonyl (C=O) groups is 1. The molecule has 2 rings (SSSR count). The number of allylic oxidation sites excluding steroid dienone is 3. The standard InChI is InChI=1S/C24H30O6/c1-15(2)8-7-9-17(5)12-13-27-23-22(29-18(6)25)20-11-10-19(28-16(3)4)14-21(20)30-24(23)26/h8,10-12,14,16H,7,9,13H2,1-6H3/b17-12+. The Morgan fingerprint density at radius 1 is 1.10 bits per heavy atom. The lowest BCUT2D eigenvalue weighted by Crippen LogP contribution is -2.13. The summed E-state index contributed by atoms with van der Waals surface area (Å²) in [5.74, 6) is -0.0651. The summed E-state index contributed by atoms with van der Waals surface area (Å²) in [7, 11) is 0. The number of rotatable bonds is 9. The number of ether oxygens (including phenoxy) is 3. The topological polar surface area (TPSA) is 75.0 Å². The van der Waals surface area contributed by atoms with Gasteiger partial charge in [-0.25, -0.2) is 4.79 Å². The Balaban J connectivity index is 2.31. The molecule has 162 valence electrons. The summed E-state index contributed by atoms with van der Waals surface area (Å²) in [5, 5.41) is 0.458. The van der Waals surface area contributed by atoms with Gasteiger partial charge in [-0.1, -0.05) is 17.2 Å². The Labute approximate surface area is 177 Å². The van der Waals surface area contributed by atoms with Gasteiger partial charge < -0.3 is 18.6 Å². The zero-order valence-corrected chi connectivity index (χ0v) is 18.5. The van der Waals surface area contributed by atoms with E-state index in [1.54, 1.807) is 18.2 Å². The van der Waals surface area contributed by atoms with E-state index in [2.05, 4.69) is 19.9 Å². The Morgan fingerprint density at radius 2 is 1.83 bits per heavy atom. The van der Waals surface area contributed by atoms with Crippen LogP contribution in [0.1, 0.15) is 54.4 Å². The Morgan fingerprint density at radius 3 is 2.47 bits per heavy atom. The van der Waals surface area contributed by atoms with Crippen LogP contribution < -0.4 is 19.8 Å². The number of fused-ring (bicyclic) bond motifs is 1. The second-order valence-electron chi connectivity index (χ2n) is 7.65. The first-order valence-electron chi connectivity index (χ1n) is 10.0. The predicted octanol–water partition coefficient (Wildman–Crippen LogP) is 5.58. The molecular formula is C24H30O6. The summed E-state index contributed by atoms with van der Waals surface area (Å²) in [6.07, 6.45) is 5.89. The molecule has 0 aliphatic heterocycles. The molecular weight excluding hydrogens is 384 g/mol. The molecule has 2 aromatic rings. The zero-order valence-electron chi connectivity index (χ0n) is 18.5. The minimum Gasteiger partial charge on any atom is -0.491 e. The minimum absolute atomic E-state index is 0.0310. The van der Waals surface area contributed by atoms with Gasteiger partial charge in [0.25, 0.3) is 0 Å². The van der Waals surface area contributed by atoms with Crippen molar-refractivity contribution in [1.29, 1.82) is 0 Å². The first-order chi connectivity index (χ1) is 14.2. The summed E-state index contributed by atoms with van der Waals surface area (Å²) in [4.78, 5) is 24.2. The van der Waals surface area contributed by atoms with Crippen molar-refractivity contribution in [3.63, 3.8) is 0 Å². The highest BCUT2D eigenvalue weighted by Crippen LogP contribution is 2.35. The van der Waals surface area contributed by atoms with Crippen molar-refractivity contribution in [1.82, 2.24) is 0 Å². The van der Waals surface area contributed by atoms with Crippen molar-refractivity contribution >= 4 is 16.9 Å². The quantitative estimate of drug-likeness (QED) is 0.303. The van der Waals surface area contributed by atoms with Gasteiger partial charge >= 0.3 is 11.6 Å². The number of benzene rings is 1. The SMILES string of the molecule is CC(=O)Oc1c(OC/C=C(\C)CCC=C(C)C)c(=O)oc2cc(OC(C)C)ccc12. The van der Waals surface area contributed by atoms with Gasteiger partial charge in [0.2, 0.25) is 5.75 Å². The maximum atomic E-state index is 12.5. The average Bonchev–Trinajstić information content (AvgIpc) is 2.62. The van der Waals surface area contributed by atoms with Crippen LogP contribution in [0.15, 0.2) is 50.7 Å². The number of esters is 1. The van der Waals surface area contributed by atoms with Gasteiger partial charge in [-0.2, -0.15) is 0 Å². The molecule has 6 nitrogen and oxygen atoms in total. The fourth-order valence-corrected chi connectivity index (χ4v) is 2.81. The molecule has 0 radical (unpaired) electrons. The van der Waals surface area contributed by atoms with Gasteiger partial charge in [0.1, 0.15) is 17.9 Å². The molecule has 6 heteroatoms. The van der Waals surface area contributed by atoms with E-state index in [9.17, 15) is 9.59 Å². The van der Waals surface area contributed by atoms with Gasteiger partial charge in [-0.05, 0) is 65.7 Å². The Bertz CT molecular complexity index is 1010. The predicted molar refractivity (Wildman–Crippen MR) is 117 cm³/mol. The summed E-state index contributed by atoms with van der Waals surface area (Å²) < 4.78 is 22.0. The normalized spacial score (nSPS) is 11.5. The second kappa shape index (κ2) is 10.7. The summed E-state index contributed by atoms with van der Waals surface area (Å²) in [6.45, 7) is 11.4. The summed E-state index contributed by atoms with van der Waals surface area (Å²) in [6, 6.07) is 5.01. The van der Waals surface area contributed by atoms with Crippen LogP contribution in [0.2, 0.25) is 0 Å². The smallest absolute Gasteiger partial charge is 0.383 e. The van der Waals surface area contributed by atoms with Crippen LogP contribution >= 0.6 is 0 Å². The molecule has 30 heavy (non-hydrogen) atoms. The molecule has 0 amide bonds. The largest absolute Gasteiger partial charge is 0.491 e. The molecule has 0 spiro atoms. The van der Waals surface area contributed by atoms with E-state index in [0.29, 0.717) is 11.1 Å². The lowest BCUT2D eigenvalue weighted by Gasteiger charge is -2.13. The van der Waals surface area contributed by atoms with Crippen molar-refractivity contribution in [3.05, 3.63) is 51.9 Å². The highest BCUT2D eigenvalue weighted by molar-refractivity contribution is 5.89. The van der Waals surface area contributed by atoms with Gasteiger partial charge in [0.05, 0.1) is 11.5 Å². The van der Waals surface area contributed by atoms with Crippen LogP contribution in [0.25, 0.3) is 11.0 Å². The fourth-order valence-electron chi connectivity index (χ4n) is 2.81. The van der Waals surface area contributed by atoms with Crippen molar-refractivity contribution in [2.24, 2.45) is 0 Å². The van der Waals surface area contributed by atoms with E-state index >= 15 is 0 Å². The van der Waals surface area contributed by atoms with Crippen LogP contribution in [-0.4, -0.2) is 18.7 Å². The van der Waals surface area contributed by atoms with Crippen LogP contribution in [0.5, 0.6) is 17.2 Å². The molecule has 0 aliphatic carbocycles. The van der Waals surface area contributed by atoms with Gasteiger partial charge in [-0.15, -0.1) is 0 Å². The first kappa shape index (κ1) is 23.3. The maximum absolute atomic E-state index is 12.5. The maximum Gasteiger partial charge on any atom is 0.383 e. The van der Waals surface area contributed by atoms with E-state index in [1.807, 2.05) is 26.8 Å². The third-order valence-electron chi connectivity index (χ3n) is 4.16. The summed E-state index contributed by atoms with van der Waals surface area (Å²) >= 11 is 0. The molecule has 1 heterocycles. The van der Waals surface area contributed by atoms with Crippen molar-refractivity contribution < 1.29 is 23.4 Å². The van der Waals surface area contributed by atoms with Gasteiger partial charge in [-0.3, -0.25) is 4.79 Å². The zero-order chi connectivity index (χ0) is 22.3. The average molecular weight is 414 g/mol. The van der Waals surface area contributed by atoms with Gasteiger partial charge in [0.15, 0.2) is 5.75 Å². The molecule has 0 saturated carbocycles. The van der Waals surface area contributed by atoms with E-state index in [1.165, 1.54) is 12.5 Å². The molecule has 0 unspecified atom stereocenters. The number of carbonyl (C=O) groups excluding carboxylic acids is 1. The van der Waals surface area contributed by atoms with E-state index in [0.717, 1.165) is 18.4 Å². The van der Waals surface area contributed by atoms with Crippen LogP contribution in [0.3, 0.4) is 0 Å². The minimum atomic E-state index is -0.712. The van der Waals surface area contributed by atoms with Gasteiger partial charge in [0, 0.05) is 13.0 Å². The van der Waals surface area contributed by atoms with Crippen molar-refractivity contribution in [2.75, 3.05) is 6.61 Å². The number of hydrogen-bond donors (Lipinski definition) is 0.